The molecule has 1 atom stereocenters. The molecule has 4 heteroatoms. The molecule has 0 radical (unpaired) electrons. The summed E-state index contributed by atoms with van der Waals surface area (Å²) in [6.07, 6.45) is -0.597. The van der Waals surface area contributed by atoms with Gasteiger partial charge in [-0.05, 0) is 56.5 Å². The second kappa shape index (κ2) is 6.84. The number of ether oxygens (including phenoxy) is 1. The Bertz CT molecular complexity index is 677. The Morgan fingerprint density at radius 1 is 1.09 bits per heavy atom. The lowest BCUT2D eigenvalue weighted by molar-refractivity contribution is -0.122. The lowest BCUT2D eigenvalue weighted by Crippen LogP contribution is -2.30. The molecule has 2 aromatic rings. The molecule has 0 unspecified atom stereocenters. The van der Waals surface area contributed by atoms with Gasteiger partial charge in [0.2, 0.25) is 0 Å². The molecule has 0 spiro atoms. The molecule has 0 saturated carbocycles. The average Bonchev–Trinajstić information content (AvgIpc) is 2.46. The number of carbonyl (C=O) groups excluding carboxylic acids is 1. The molecule has 0 heterocycles. The van der Waals surface area contributed by atoms with Crippen molar-refractivity contribution in [2.75, 3.05) is 5.32 Å². The van der Waals surface area contributed by atoms with Crippen LogP contribution in [-0.2, 0) is 4.79 Å². The van der Waals surface area contributed by atoms with Crippen LogP contribution in [0.3, 0.4) is 0 Å². The fourth-order valence-electron chi connectivity index (χ4n) is 2.13. The van der Waals surface area contributed by atoms with Crippen LogP contribution in [0.2, 0.25) is 5.02 Å². The van der Waals surface area contributed by atoms with Gasteiger partial charge in [0.15, 0.2) is 6.10 Å². The van der Waals surface area contributed by atoms with Gasteiger partial charge in [-0.1, -0.05) is 35.9 Å². The molecule has 22 heavy (non-hydrogen) atoms. The van der Waals surface area contributed by atoms with Crippen molar-refractivity contribution in [3.63, 3.8) is 0 Å². The number of halogens is 1. The van der Waals surface area contributed by atoms with Gasteiger partial charge in [-0.15, -0.1) is 0 Å². The van der Waals surface area contributed by atoms with E-state index in [1.54, 1.807) is 13.0 Å². The van der Waals surface area contributed by atoms with E-state index in [1.807, 2.05) is 51.1 Å². The van der Waals surface area contributed by atoms with Crippen molar-refractivity contribution in [2.24, 2.45) is 0 Å². The summed E-state index contributed by atoms with van der Waals surface area (Å²) < 4.78 is 5.82. The zero-order chi connectivity index (χ0) is 16.3. The molecule has 2 aromatic carbocycles. The van der Waals surface area contributed by atoms with E-state index in [4.69, 9.17) is 16.3 Å². The molecule has 3 nitrogen and oxygen atoms in total. The smallest absolute Gasteiger partial charge is 0.265 e. The maximum Gasteiger partial charge on any atom is 0.265 e. The van der Waals surface area contributed by atoms with Gasteiger partial charge in [0.25, 0.3) is 5.91 Å². The minimum absolute atomic E-state index is 0.206. The van der Waals surface area contributed by atoms with Gasteiger partial charge in [-0.25, -0.2) is 0 Å². The Kier molecular flexibility index (Phi) is 5.09. The summed E-state index contributed by atoms with van der Waals surface area (Å²) in [7, 11) is 0. The maximum absolute atomic E-state index is 12.3. The molecule has 0 fully saturated rings. The van der Waals surface area contributed by atoms with Crippen molar-refractivity contribution in [3.8, 4) is 5.75 Å². The molecule has 116 valence electrons. The number of para-hydroxylation sites is 1. The highest BCUT2D eigenvalue weighted by atomic mass is 35.5. The maximum atomic E-state index is 12.3. The number of aryl methyl sites for hydroxylation is 3. The molecule has 0 aliphatic carbocycles. The minimum atomic E-state index is -0.597. The number of anilines is 1. The van der Waals surface area contributed by atoms with Crippen LogP contribution in [0, 0.1) is 20.8 Å². The lowest BCUT2D eigenvalue weighted by Gasteiger charge is -2.18. The van der Waals surface area contributed by atoms with E-state index >= 15 is 0 Å². The molecule has 1 N–H and O–H groups in total. The first kappa shape index (κ1) is 16.4. The van der Waals surface area contributed by atoms with Crippen molar-refractivity contribution in [2.45, 2.75) is 33.8 Å². The zero-order valence-electron chi connectivity index (χ0n) is 13.2. The van der Waals surface area contributed by atoms with Crippen LogP contribution in [0.5, 0.6) is 5.75 Å². The molecular weight excluding hydrogens is 298 g/mol. The minimum Gasteiger partial charge on any atom is -0.480 e. The van der Waals surface area contributed by atoms with E-state index in [-0.39, 0.29) is 5.91 Å². The van der Waals surface area contributed by atoms with Gasteiger partial charge in [0, 0.05) is 10.7 Å². The summed E-state index contributed by atoms with van der Waals surface area (Å²) in [5, 5.41) is 3.45. The number of rotatable bonds is 4. The summed E-state index contributed by atoms with van der Waals surface area (Å²) in [5.41, 5.74) is 3.66. The van der Waals surface area contributed by atoms with E-state index in [0.717, 1.165) is 22.4 Å². The molecule has 0 bridgehead atoms. The predicted octanol–water partition coefficient (Wildman–Crippen LogP) is 4.67. The Labute approximate surface area is 136 Å². The molecule has 0 aliphatic heterocycles. The highest BCUT2D eigenvalue weighted by Gasteiger charge is 2.17. The van der Waals surface area contributed by atoms with Gasteiger partial charge < -0.3 is 10.1 Å². The molecular formula is C18H20ClNO2. The number of benzene rings is 2. The first-order valence-electron chi connectivity index (χ1n) is 7.18. The normalized spacial score (nSPS) is 11.9. The van der Waals surface area contributed by atoms with Crippen LogP contribution in [0.1, 0.15) is 23.6 Å². The Hall–Kier alpha value is -2.00. The van der Waals surface area contributed by atoms with Crippen molar-refractivity contribution < 1.29 is 9.53 Å². The third kappa shape index (κ3) is 3.80. The standard InChI is InChI=1S/C18H20ClNO2/c1-11-8-9-15(10-16(11)19)20-18(21)14(4)22-17-12(2)6-5-7-13(17)3/h5-10,14H,1-4H3,(H,20,21)/t14-/m1/s1. The molecule has 0 saturated heterocycles. The first-order chi connectivity index (χ1) is 10.4. The van der Waals surface area contributed by atoms with E-state index in [9.17, 15) is 4.79 Å². The molecule has 0 aliphatic rings. The van der Waals surface area contributed by atoms with Crippen LogP contribution in [0.15, 0.2) is 36.4 Å². The topological polar surface area (TPSA) is 38.3 Å². The summed E-state index contributed by atoms with van der Waals surface area (Å²) in [4.78, 5) is 12.3. The van der Waals surface area contributed by atoms with Crippen LogP contribution in [0.4, 0.5) is 5.69 Å². The average molecular weight is 318 g/mol. The summed E-state index contributed by atoms with van der Waals surface area (Å²) in [6.45, 7) is 7.58. The number of carbonyl (C=O) groups is 1. The second-order valence-electron chi connectivity index (χ2n) is 5.43. The third-order valence-electron chi connectivity index (χ3n) is 3.51. The third-order valence-corrected chi connectivity index (χ3v) is 3.92. The van der Waals surface area contributed by atoms with E-state index < -0.39 is 6.10 Å². The van der Waals surface area contributed by atoms with Crippen molar-refractivity contribution in [1.29, 1.82) is 0 Å². The lowest BCUT2D eigenvalue weighted by atomic mass is 10.1. The Morgan fingerprint density at radius 3 is 2.32 bits per heavy atom. The van der Waals surface area contributed by atoms with Crippen molar-refractivity contribution in [1.82, 2.24) is 0 Å². The van der Waals surface area contributed by atoms with E-state index in [2.05, 4.69) is 5.32 Å². The summed E-state index contributed by atoms with van der Waals surface area (Å²) in [5.74, 6) is 0.551. The molecule has 1 amide bonds. The number of nitrogens with one attached hydrogen (secondary N) is 1. The van der Waals surface area contributed by atoms with Crippen molar-refractivity contribution in [3.05, 3.63) is 58.1 Å². The van der Waals surface area contributed by atoms with E-state index in [0.29, 0.717) is 10.7 Å². The highest BCUT2D eigenvalue weighted by Crippen LogP contribution is 2.24. The van der Waals surface area contributed by atoms with Gasteiger partial charge in [0.1, 0.15) is 5.75 Å². The monoisotopic (exact) mass is 317 g/mol. The zero-order valence-corrected chi connectivity index (χ0v) is 14.0. The first-order valence-corrected chi connectivity index (χ1v) is 7.56. The van der Waals surface area contributed by atoms with Gasteiger partial charge in [-0.3, -0.25) is 4.79 Å². The number of amides is 1. The van der Waals surface area contributed by atoms with Crippen LogP contribution < -0.4 is 10.1 Å². The summed E-state index contributed by atoms with van der Waals surface area (Å²) in [6, 6.07) is 11.3. The van der Waals surface area contributed by atoms with E-state index in [1.165, 1.54) is 0 Å². The second-order valence-corrected chi connectivity index (χ2v) is 5.84. The fraction of sp³-hybridized carbons (Fsp3) is 0.278. The van der Waals surface area contributed by atoms with Crippen LogP contribution in [0.25, 0.3) is 0 Å². The van der Waals surface area contributed by atoms with Crippen molar-refractivity contribution >= 4 is 23.2 Å². The molecule has 0 aromatic heterocycles. The van der Waals surface area contributed by atoms with Gasteiger partial charge in [-0.2, -0.15) is 0 Å². The quantitative estimate of drug-likeness (QED) is 0.889. The Balaban J connectivity index is 2.07. The summed E-state index contributed by atoms with van der Waals surface area (Å²) >= 11 is 6.07. The largest absolute Gasteiger partial charge is 0.480 e. The number of hydrogen-bond donors (Lipinski definition) is 1. The highest BCUT2D eigenvalue weighted by molar-refractivity contribution is 6.31. The fourth-order valence-corrected chi connectivity index (χ4v) is 2.31. The predicted molar refractivity (Wildman–Crippen MR) is 90.8 cm³/mol. The molecule has 2 rings (SSSR count). The van der Waals surface area contributed by atoms with Gasteiger partial charge >= 0.3 is 0 Å². The van der Waals surface area contributed by atoms with Crippen LogP contribution in [-0.4, -0.2) is 12.0 Å². The van der Waals surface area contributed by atoms with Gasteiger partial charge in [0.05, 0.1) is 0 Å². The SMILES string of the molecule is Cc1ccc(NC(=O)[C@@H](C)Oc2c(C)cccc2C)cc1Cl. The van der Waals surface area contributed by atoms with Crippen LogP contribution >= 0.6 is 11.6 Å². The Morgan fingerprint density at radius 2 is 1.73 bits per heavy atom. The number of hydrogen-bond acceptors (Lipinski definition) is 2.